The minimum atomic E-state index is -4.97. The van der Waals surface area contributed by atoms with Crippen molar-refractivity contribution >= 4 is 62.5 Å². The molecule has 0 aliphatic carbocycles. The molecule has 11 nitrogen and oxygen atoms in total. The molecule has 0 atom stereocenters. The Balaban J connectivity index is 1.41. The maximum atomic E-state index is 13.4. The van der Waals surface area contributed by atoms with E-state index < -0.39 is 21.0 Å². The number of halogens is 3. The molecule has 4 aromatic rings. The minimum Gasteiger partial charge on any atom is -0.495 e. The first-order valence-electron chi connectivity index (χ1n) is 12.1. The summed E-state index contributed by atoms with van der Waals surface area (Å²) in [4.78, 5) is 20.2. The molecule has 0 bridgehead atoms. The minimum absolute atomic E-state index is 0.00857. The second-order valence-corrected chi connectivity index (χ2v) is 11.0. The smallest absolute Gasteiger partial charge is 0.335 e. The third kappa shape index (κ3) is 7.29. The molecule has 0 aliphatic rings. The highest BCUT2D eigenvalue weighted by molar-refractivity contribution is 7.86. The van der Waals surface area contributed by atoms with Gasteiger partial charge in [-0.2, -0.15) is 13.4 Å². The van der Waals surface area contributed by atoms with Crippen LogP contribution in [0.2, 0.25) is 10.0 Å². The van der Waals surface area contributed by atoms with Gasteiger partial charge in [0.25, 0.3) is 0 Å². The zero-order valence-corrected chi connectivity index (χ0v) is 24.6. The number of amides is 1. The van der Waals surface area contributed by atoms with Crippen molar-refractivity contribution < 1.29 is 26.6 Å². The number of carbonyl (C=O) groups excluding carboxylic acids is 1. The lowest BCUT2D eigenvalue weighted by Crippen LogP contribution is -2.22. The Labute approximate surface area is 251 Å². The average molecular weight is 636 g/mol. The van der Waals surface area contributed by atoms with Crippen LogP contribution in [0.25, 0.3) is 11.1 Å². The quantitative estimate of drug-likeness (QED) is 0.169. The molecule has 42 heavy (non-hydrogen) atoms. The Morgan fingerprint density at radius 1 is 1.02 bits per heavy atom. The van der Waals surface area contributed by atoms with E-state index in [0.717, 1.165) is 11.6 Å². The average Bonchev–Trinajstić information content (AvgIpc) is 2.92. The van der Waals surface area contributed by atoms with Gasteiger partial charge in [0.1, 0.15) is 28.8 Å². The predicted octanol–water partition coefficient (Wildman–Crippen LogP) is 5.22. The lowest BCUT2D eigenvalue weighted by atomic mass is 10.0. The Morgan fingerprint density at radius 3 is 2.45 bits per heavy atom. The van der Waals surface area contributed by atoms with E-state index in [-0.39, 0.29) is 36.4 Å². The fourth-order valence-corrected chi connectivity index (χ4v) is 4.93. The number of methoxy groups -OCH3 is 1. The summed E-state index contributed by atoms with van der Waals surface area (Å²) in [7, 11) is -3.78. The molecule has 6 N–H and O–H groups in total. The van der Waals surface area contributed by atoms with Crippen molar-refractivity contribution in [3.63, 3.8) is 0 Å². The van der Waals surface area contributed by atoms with E-state index in [1.165, 1.54) is 19.2 Å². The number of nitrogens with two attached hydrogens (primary N) is 2. The number of ether oxygens (including phenoxy) is 2. The molecule has 0 unspecified atom stereocenters. The van der Waals surface area contributed by atoms with Gasteiger partial charge in [0.05, 0.1) is 29.4 Å². The number of carbonyl (C=O) groups is 1. The van der Waals surface area contributed by atoms with Crippen molar-refractivity contribution in [2.75, 3.05) is 35.8 Å². The van der Waals surface area contributed by atoms with Crippen molar-refractivity contribution in [1.82, 2.24) is 9.97 Å². The third-order valence-corrected chi connectivity index (χ3v) is 7.56. The van der Waals surface area contributed by atoms with Crippen molar-refractivity contribution in [2.24, 2.45) is 0 Å². The van der Waals surface area contributed by atoms with Crippen LogP contribution in [-0.2, 0) is 21.6 Å². The summed E-state index contributed by atoms with van der Waals surface area (Å²) in [6, 6.07) is 13.7. The van der Waals surface area contributed by atoms with E-state index in [9.17, 15) is 17.1 Å². The lowest BCUT2D eigenvalue weighted by Gasteiger charge is -2.15. The van der Waals surface area contributed by atoms with Crippen LogP contribution >= 0.6 is 23.2 Å². The van der Waals surface area contributed by atoms with Crippen LogP contribution in [-0.4, -0.2) is 37.9 Å². The molecule has 220 valence electrons. The summed E-state index contributed by atoms with van der Waals surface area (Å²) in [6.45, 7) is 1.74. The van der Waals surface area contributed by atoms with Crippen LogP contribution in [0.4, 0.5) is 27.0 Å². The summed E-state index contributed by atoms with van der Waals surface area (Å²) in [5, 5.41) is 6.35. The van der Waals surface area contributed by atoms with Crippen LogP contribution in [0.3, 0.4) is 0 Å². The van der Waals surface area contributed by atoms with E-state index >= 15 is 0 Å². The van der Waals surface area contributed by atoms with Gasteiger partial charge in [-0.25, -0.2) is 4.98 Å². The molecule has 0 saturated heterocycles. The van der Waals surface area contributed by atoms with Gasteiger partial charge in [0.2, 0.25) is 11.9 Å². The summed E-state index contributed by atoms with van der Waals surface area (Å²) in [5.41, 5.74) is 15.3. The maximum absolute atomic E-state index is 13.4. The Kier molecular flexibility index (Phi) is 9.24. The third-order valence-electron chi connectivity index (χ3n) is 5.96. The van der Waals surface area contributed by atoms with Crippen LogP contribution in [0, 0.1) is 6.92 Å². The highest BCUT2D eigenvalue weighted by atomic mass is 35.5. The number of hydrogen-bond donors (Lipinski definition) is 4. The number of nitrogens with one attached hydrogen (secondary N) is 2. The predicted molar refractivity (Wildman–Crippen MR) is 160 cm³/mol. The monoisotopic (exact) mass is 634 g/mol. The molecule has 1 heterocycles. The topological polar surface area (TPSA) is 172 Å². The van der Waals surface area contributed by atoms with Gasteiger partial charge in [-0.15, -0.1) is 3.89 Å². The highest BCUT2D eigenvalue weighted by Crippen LogP contribution is 2.34. The summed E-state index contributed by atoms with van der Waals surface area (Å²) in [6.07, 6.45) is 0. The molecular formula is C27H25Cl2FN6O5S. The summed E-state index contributed by atoms with van der Waals surface area (Å²) in [5.74, 6) is 0.0157. The molecule has 0 fully saturated rings. The SMILES string of the molecule is COc1cc(NC(=O)CNc2ccc(OCc3nc(N)nc(N)c3-c3ccc(Cl)c(Cl)c3)cc2C)ccc1S(=O)(=O)F. The van der Waals surface area contributed by atoms with Crippen LogP contribution in [0.5, 0.6) is 11.5 Å². The number of hydrogen-bond acceptors (Lipinski definition) is 10. The van der Waals surface area contributed by atoms with Gasteiger partial charge in [-0.3, -0.25) is 4.79 Å². The second kappa shape index (κ2) is 12.7. The fourth-order valence-electron chi connectivity index (χ4n) is 4.02. The van der Waals surface area contributed by atoms with E-state index in [0.29, 0.717) is 38.3 Å². The number of nitrogen functional groups attached to an aromatic ring is 2. The first-order chi connectivity index (χ1) is 19.8. The standard InChI is InChI=1S/C27H25Cl2FN6O5S/c1-14-9-17(41-13-21-25(26(31)36-27(32)35-21)15-3-6-18(28)19(29)10-15)5-7-20(14)33-12-24(37)34-16-4-8-23(42(30,38)39)22(11-16)40-2/h3-11,33H,12-13H2,1-2H3,(H,34,37)(H4,31,32,35,36). The van der Waals surface area contributed by atoms with Crippen molar-refractivity contribution in [2.45, 2.75) is 18.4 Å². The Hall–Kier alpha value is -4.33. The number of benzene rings is 3. The number of rotatable bonds is 10. The van der Waals surface area contributed by atoms with E-state index in [1.54, 1.807) is 36.4 Å². The van der Waals surface area contributed by atoms with Crippen LogP contribution in [0.1, 0.15) is 11.3 Å². The molecular weight excluding hydrogens is 610 g/mol. The Morgan fingerprint density at radius 2 is 1.79 bits per heavy atom. The van der Waals surface area contributed by atoms with Gasteiger partial charge < -0.3 is 31.6 Å². The van der Waals surface area contributed by atoms with Gasteiger partial charge in [-0.1, -0.05) is 29.3 Å². The summed E-state index contributed by atoms with van der Waals surface area (Å²) >= 11 is 12.2. The maximum Gasteiger partial charge on any atom is 0.335 e. The van der Waals surface area contributed by atoms with Gasteiger partial charge in [0.15, 0.2) is 0 Å². The molecule has 0 saturated carbocycles. The number of aromatic nitrogens is 2. The summed E-state index contributed by atoms with van der Waals surface area (Å²) < 4.78 is 46.7. The van der Waals surface area contributed by atoms with Gasteiger partial charge in [-0.05, 0) is 60.5 Å². The first kappa shape index (κ1) is 30.6. The molecule has 0 aliphatic heterocycles. The van der Waals surface area contributed by atoms with Gasteiger partial charge >= 0.3 is 10.2 Å². The van der Waals surface area contributed by atoms with Crippen molar-refractivity contribution in [3.8, 4) is 22.6 Å². The molecule has 0 spiro atoms. The van der Waals surface area contributed by atoms with Crippen molar-refractivity contribution in [1.29, 1.82) is 0 Å². The Bertz CT molecular complexity index is 1770. The fraction of sp³-hybridized carbons (Fsp3) is 0.148. The largest absolute Gasteiger partial charge is 0.495 e. The number of nitrogens with zero attached hydrogens (tertiary/aromatic N) is 2. The molecule has 1 aromatic heterocycles. The molecule has 3 aromatic carbocycles. The molecule has 1 amide bonds. The van der Waals surface area contributed by atoms with Gasteiger partial charge in [0, 0.05) is 23.0 Å². The first-order valence-corrected chi connectivity index (χ1v) is 14.3. The zero-order valence-electron chi connectivity index (χ0n) is 22.2. The van der Waals surface area contributed by atoms with E-state index in [2.05, 4.69) is 20.6 Å². The second-order valence-electron chi connectivity index (χ2n) is 8.89. The number of anilines is 4. The molecule has 15 heteroatoms. The zero-order chi connectivity index (χ0) is 30.6. The van der Waals surface area contributed by atoms with Crippen molar-refractivity contribution in [3.05, 3.63) is 75.9 Å². The van der Waals surface area contributed by atoms with Crippen LogP contribution < -0.4 is 31.6 Å². The van der Waals surface area contributed by atoms with E-state index in [4.69, 9.17) is 44.1 Å². The molecule has 4 rings (SSSR count). The van der Waals surface area contributed by atoms with E-state index in [1.807, 2.05) is 6.92 Å². The van der Waals surface area contributed by atoms with Crippen LogP contribution in [0.15, 0.2) is 59.5 Å². The molecule has 0 radical (unpaired) electrons. The highest BCUT2D eigenvalue weighted by Gasteiger charge is 2.19. The lowest BCUT2D eigenvalue weighted by molar-refractivity contribution is -0.114. The normalized spacial score (nSPS) is 11.2. The number of aryl methyl sites for hydroxylation is 1.